The number of nitrogens with zero attached hydrogens (tertiary/aromatic N) is 2. The quantitative estimate of drug-likeness (QED) is 0.753. The van der Waals surface area contributed by atoms with E-state index < -0.39 is 0 Å². The van der Waals surface area contributed by atoms with Crippen molar-refractivity contribution < 1.29 is 4.79 Å². The molecule has 0 spiro atoms. The summed E-state index contributed by atoms with van der Waals surface area (Å²) in [5.41, 5.74) is 3.79. The molecule has 0 aliphatic carbocycles. The smallest absolute Gasteiger partial charge is 0.267 e. The van der Waals surface area contributed by atoms with Gasteiger partial charge in [-0.25, -0.2) is 4.68 Å². The summed E-state index contributed by atoms with van der Waals surface area (Å²) in [6.07, 6.45) is 0.956. The third-order valence-electron chi connectivity index (χ3n) is 3.32. The first-order chi connectivity index (χ1) is 9.40. The van der Waals surface area contributed by atoms with Crippen molar-refractivity contribution in [2.45, 2.75) is 34.1 Å². The van der Waals surface area contributed by atoms with Gasteiger partial charge < -0.3 is 0 Å². The molecule has 4 heteroatoms. The van der Waals surface area contributed by atoms with Crippen molar-refractivity contribution in [3.05, 3.63) is 50.4 Å². The average Bonchev–Trinajstić information content (AvgIpc) is 2.65. The van der Waals surface area contributed by atoms with Crippen molar-refractivity contribution in [3.63, 3.8) is 0 Å². The van der Waals surface area contributed by atoms with Crippen LogP contribution in [0.15, 0.2) is 24.3 Å². The number of aryl methyl sites for hydroxylation is 1. The molecule has 0 aliphatic rings. The highest BCUT2D eigenvalue weighted by atomic mass is 127. The summed E-state index contributed by atoms with van der Waals surface area (Å²) in [5, 5.41) is 4.43. The van der Waals surface area contributed by atoms with Crippen molar-refractivity contribution in [2.24, 2.45) is 5.92 Å². The van der Waals surface area contributed by atoms with Gasteiger partial charge in [0.15, 0.2) is 0 Å². The van der Waals surface area contributed by atoms with Crippen LogP contribution in [0.25, 0.3) is 0 Å². The summed E-state index contributed by atoms with van der Waals surface area (Å²) in [6.45, 7) is 8.31. The normalized spacial score (nSPS) is 11.1. The zero-order valence-corrected chi connectivity index (χ0v) is 14.4. The summed E-state index contributed by atoms with van der Waals surface area (Å²) in [7, 11) is 0. The van der Waals surface area contributed by atoms with E-state index in [0.29, 0.717) is 11.5 Å². The summed E-state index contributed by atoms with van der Waals surface area (Å²) < 4.78 is 2.59. The average molecular weight is 382 g/mol. The molecule has 1 heterocycles. The van der Waals surface area contributed by atoms with Crippen LogP contribution in [0.4, 0.5) is 0 Å². The lowest BCUT2D eigenvalue weighted by Gasteiger charge is -2.06. The fraction of sp³-hybridized carbons (Fsp3) is 0.375. The number of hydrogen-bond acceptors (Lipinski definition) is 2. The summed E-state index contributed by atoms with van der Waals surface area (Å²) in [5.74, 6) is 0.497. The Balaban J connectivity index is 2.41. The second kappa shape index (κ2) is 6.08. The molecule has 0 saturated heterocycles. The van der Waals surface area contributed by atoms with E-state index in [-0.39, 0.29) is 5.91 Å². The zero-order valence-electron chi connectivity index (χ0n) is 12.3. The molecule has 0 saturated carbocycles. The molecule has 0 aliphatic heterocycles. The van der Waals surface area contributed by atoms with Gasteiger partial charge in [-0.05, 0) is 72.5 Å². The highest BCUT2D eigenvalue weighted by molar-refractivity contribution is 14.1. The summed E-state index contributed by atoms with van der Waals surface area (Å²) in [6, 6.07) is 7.60. The second-order valence-corrected chi connectivity index (χ2v) is 6.72. The molecule has 3 nitrogen and oxygen atoms in total. The largest absolute Gasteiger partial charge is 0.278 e. The fourth-order valence-electron chi connectivity index (χ4n) is 2.32. The lowest BCUT2D eigenvalue weighted by atomic mass is 10.0. The van der Waals surface area contributed by atoms with E-state index in [2.05, 4.69) is 41.5 Å². The highest BCUT2D eigenvalue weighted by Crippen LogP contribution is 2.19. The third kappa shape index (κ3) is 3.11. The van der Waals surface area contributed by atoms with E-state index in [1.54, 1.807) is 4.68 Å². The molecule has 2 rings (SSSR count). The van der Waals surface area contributed by atoms with Crippen LogP contribution in [0.3, 0.4) is 0 Å². The first-order valence-corrected chi connectivity index (χ1v) is 7.83. The minimum atomic E-state index is -0.0564. The molecular weight excluding hydrogens is 363 g/mol. The number of rotatable bonds is 3. The van der Waals surface area contributed by atoms with Gasteiger partial charge in [-0.3, -0.25) is 4.79 Å². The van der Waals surface area contributed by atoms with Gasteiger partial charge in [0.2, 0.25) is 0 Å². The molecule has 0 unspecified atom stereocenters. The maximum absolute atomic E-state index is 12.6. The van der Waals surface area contributed by atoms with E-state index in [1.807, 2.05) is 38.1 Å². The Morgan fingerprint density at radius 2 is 2.05 bits per heavy atom. The van der Waals surface area contributed by atoms with Gasteiger partial charge in [-0.2, -0.15) is 5.10 Å². The first-order valence-electron chi connectivity index (χ1n) is 6.75. The molecule has 1 aromatic heterocycles. The molecule has 0 fully saturated rings. The second-order valence-electron chi connectivity index (χ2n) is 5.47. The Morgan fingerprint density at radius 3 is 2.65 bits per heavy atom. The number of carbonyl (C=O) groups excluding carboxylic acids is 1. The Morgan fingerprint density at radius 1 is 1.35 bits per heavy atom. The molecule has 20 heavy (non-hydrogen) atoms. The van der Waals surface area contributed by atoms with Gasteiger partial charge in [0.05, 0.1) is 5.69 Å². The predicted molar refractivity (Wildman–Crippen MR) is 89.1 cm³/mol. The predicted octanol–water partition coefficient (Wildman–Crippen LogP) is 3.99. The highest BCUT2D eigenvalue weighted by Gasteiger charge is 2.18. The number of aromatic nitrogens is 2. The maximum atomic E-state index is 12.6. The molecule has 2 aromatic rings. The molecule has 0 bridgehead atoms. The summed E-state index contributed by atoms with van der Waals surface area (Å²) >= 11 is 2.21. The third-order valence-corrected chi connectivity index (χ3v) is 3.99. The fourth-order valence-corrected chi connectivity index (χ4v) is 2.86. The first kappa shape index (κ1) is 15.2. The monoisotopic (exact) mass is 382 g/mol. The Labute approximate surface area is 133 Å². The maximum Gasteiger partial charge on any atom is 0.278 e. The number of hydrogen-bond donors (Lipinski definition) is 0. The zero-order chi connectivity index (χ0) is 14.9. The molecule has 0 amide bonds. The van der Waals surface area contributed by atoms with Gasteiger partial charge >= 0.3 is 0 Å². The number of halogens is 1. The molecule has 0 atom stereocenters. The van der Waals surface area contributed by atoms with E-state index in [4.69, 9.17) is 0 Å². The van der Waals surface area contributed by atoms with E-state index in [0.717, 1.165) is 21.4 Å². The van der Waals surface area contributed by atoms with E-state index >= 15 is 0 Å². The molecule has 0 N–H and O–H groups in total. The van der Waals surface area contributed by atoms with Crippen molar-refractivity contribution in [2.75, 3.05) is 0 Å². The lowest BCUT2D eigenvalue weighted by molar-refractivity contribution is 0.0942. The standard InChI is InChI=1S/C16H19IN2O/c1-10(2)8-15-11(3)18-19(12(15)4)16(20)13-6-5-7-14(17)9-13/h5-7,9-10H,8H2,1-4H3. The molecule has 106 valence electrons. The Bertz CT molecular complexity index is 644. The van der Waals surface area contributed by atoms with Crippen LogP contribution in [0.5, 0.6) is 0 Å². The van der Waals surface area contributed by atoms with Crippen LogP contribution in [0, 0.1) is 23.3 Å². The van der Waals surface area contributed by atoms with Gasteiger partial charge in [0.1, 0.15) is 0 Å². The van der Waals surface area contributed by atoms with Crippen LogP contribution in [-0.4, -0.2) is 15.7 Å². The van der Waals surface area contributed by atoms with E-state index in [1.165, 1.54) is 5.56 Å². The van der Waals surface area contributed by atoms with Crippen LogP contribution in [0.2, 0.25) is 0 Å². The van der Waals surface area contributed by atoms with Crippen molar-refractivity contribution in [3.8, 4) is 0 Å². The Kier molecular flexibility index (Phi) is 4.62. The molecule has 1 aromatic carbocycles. The number of carbonyl (C=O) groups is 1. The minimum absolute atomic E-state index is 0.0564. The van der Waals surface area contributed by atoms with Crippen LogP contribution >= 0.6 is 22.6 Å². The Hall–Kier alpha value is -1.17. The topological polar surface area (TPSA) is 34.9 Å². The van der Waals surface area contributed by atoms with Crippen LogP contribution < -0.4 is 0 Å². The molecule has 0 radical (unpaired) electrons. The number of benzene rings is 1. The lowest BCUT2D eigenvalue weighted by Crippen LogP contribution is -2.15. The van der Waals surface area contributed by atoms with Gasteiger partial charge in [0, 0.05) is 14.8 Å². The van der Waals surface area contributed by atoms with Crippen molar-refractivity contribution in [1.82, 2.24) is 9.78 Å². The minimum Gasteiger partial charge on any atom is -0.267 e. The van der Waals surface area contributed by atoms with Crippen LogP contribution in [0.1, 0.15) is 41.2 Å². The van der Waals surface area contributed by atoms with Crippen molar-refractivity contribution in [1.29, 1.82) is 0 Å². The van der Waals surface area contributed by atoms with Gasteiger partial charge in [-0.1, -0.05) is 19.9 Å². The van der Waals surface area contributed by atoms with E-state index in [9.17, 15) is 4.79 Å². The van der Waals surface area contributed by atoms with Crippen LogP contribution in [-0.2, 0) is 6.42 Å². The SMILES string of the molecule is Cc1nn(C(=O)c2cccc(I)c2)c(C)c1CC(C)C. The summed E-state index contributed by atoms with van der Waals surface area (Å²) in [4.78, 5) is 12.6. The van der Waals surface area contributed by atoms with Crippen molar-refractivity contribution >= 4 is 28.5 Å². The van der Waals surface area contributed by atoms with Gasteiger partial charge in [0.25, 0.3) is 5.91 Å². The van der Waals surface area contributed by atoms with Gasteiger partial charge in [-0.15, -0.1) is 0 Å². The molecular formula is C16H19IN2O.